The lowest BCUT2D eigenvalue weighted by Gasteiger charge is -2.05. The molecule has 0 aliphatic carbocycles. The highest BCUT2D eigenvalue weighted by Crippen LogP contribution is 2.66. The molecule has 0 spiro atoms. The van der Waals surface area contributed by atoms with E-state index in [0.29, 0.717) is 0 Å². The summed E-state index contributed by atoms with van der Waals surface area (Å²) < 4.78 is 9.64. The second-order valence-electron chi connectivity index (χ2n) is 12.6. The highest BCUT2D eigenvalue weighted by atomic mass is 32.3. The van der Waals surface area contributed by atoms with Crippen molar-refractivity contribution in [1.29, 1.82) is 0 Å². The minimum absolute atomic E-state index is 1.29. The van der Waals surface area contributed by atoms with Crippen LogP contribution in [0.3, 0.4) is 0 Å². The summed E-state index contributed by atoms with van der Waals surface area (Å²) >= 11 is 17.2. The monoisotopic (exact) mass is 780 g/mol. The fourth-order valence-corrected chi connectivity index (χ4v) is 17.5. The first kappa shape index (κ1) is 44.2. The van der Waals surface area contributed by atoms with Crippen LogP contribution in [0.25, 0.3) is 0 Å². The van der Waals surface area contributed by atoms with E-state index < -0.39 is 0 Å². The Morgan fingerprint density at radius 2 is 0.478 bits per heavy atom. The topological polar surface area (TPSA) is 0 Å². The van der Waals surface area contributed by atoms with E-state index in [9.17, 15) is 0 Å². The standard InChI is InChI=1S/C38H68S8/c1-5-9-13-17-21-25-29-39-33-34(40-30-26-22-18-14-10-6-2)44-37(43-33)38-45-35(41-31-27-23-19-15-11-7-3)36(46-38)42-32-28-24-20-16-12-8-4/h5-32H2,1-4H3. The SMILES string of the molecule is CCCCCCCCSC1=C(SCCCCCCCC)SC(=C2SC(SCCCCCCCC)=C(SCCCCCCCC)S2)S1. The highest BCUT2D eigenvalue weighted by molar-refractivity contribution is 8.45. The van der Waals surface area contributed by atoms with Gasteiger partial charge >= 0.3 is 0 Å². The molecule has 0 amide bonds. The van der Waals surface area contributed by atoms with Crippen LogP contribution in [0.4, 0.5) is 0 Å². The van der Waals surface area contributed by atoms with Gasteiger partial charge in [0.1, 0.15) is 0 Å². The summed E-state index contributed by atoms with van der Waals surface area (Å²) in [5.41, 5.74) is 0. The molecule has 0 atom stereocenters. The maximum atomic E-state index is 2.32. The van der Waals surface area contributed by atoms with Gasteiger partial charge in [0.25, 0.3) is 0 Å². The third-order valence-corrected chi connectivity index (χ3v) is 20.1. The fourth-order valence-electron chi connectivity index (χ4n) is 5.25. The van der Waals surface area contributed by atoms with Crippen molar-refractivity contribution in [2.24, 2.45) is 0 Å². The number of rotatable bonds is 32. The van der Waals surface area contributed by atoms with Crippen LogP contribution < -0.4 is 0 Å². The smallest absolute Gasteiger partial charge is 0.0717 e. The average Bonchev–Trinajstić information content (AvgIpc) is 3.66. The summed E-state index contributed by atoms with van der Waals surface area (Å²) in [5.74, 6) is 5.15. The Kier molecular flexibility index (Phi) is 30.5. The van der Waals surface area contributed by atoms with E-state index in [1.807, 2.05) is 0 Å². The van der Waals surface area contributed by atoms with Crippen LogP contribution in [0.15, 0.2) is 25.4 Å². The maximum absolute atomic E-state index is 2.32. The van der Waals surface area contributed by atoms with Gasteiger partial charge in [0.05, 0.1) is 25.4 Å². The molecule has 0 N–H and O–H groups in total. The summed E-state index contributed by atoms with van der Waals surface area (Å²) in [6, 6.07) is 0. The second-order valence-corrected chi connectivity index (χ2v) is 22.7. The van der Waals surface area contributed by atoms with Gasteiger partial charge in [-0.25, -0.2) is 0 Å². The molecule has 8 heteroatoms. The maximum Gasteiger partial charge on any atom is 0.0717 e. The van der Waals surface area contributed by atoms with Crippen molar-refractivity contribution in [2.75, 3.05) is 23.0 Å². The molecule has 2 aliphatic rings. The minimum atomic E-state index is 1.29. The molecule has 0 aromatic rings. The third kappa shape index (κ3) is 21.4. The van der Waals surface area contributed by atoms with E-state index >= 15 is 0 Å². The zero-order valence-corrected chi connectivity index (χ0v) is 36.6. The fraction of sp³-hybridized carbons (Fsp3) is 0.842. The lowest BCUT2D eigenvalue weighted by atomic mass is 10.1. The quantitative estimate of drug-likeness (QED) is 0.0611. The predicted molar refractivity (Wildman–Crippen MR) is 235 cm³/mol. The third-order valence-electron chi connectivity index (χ3n) is 8.17. The second kappa shape index (κ2) is 31.7. The van der Waals surface area contributed by atoms with Crippen molar-refractivity contribution >= 4 is 94.1 Å². The zero-order valence-electron chi connectivity index (χ0n) is 30.1. The van der Waals surface area contributed by atoms with Crippen molar-refractivity contribution in [1.82, 2.24) is 0 Å². The summed E-state index contributed by atoms with van der Waals surface area (Å²) in [6.07, 6.45) is 33.4. The molecule has 0 unspecified atom stereocenters. The van der Waals surface area contributed by atoms with Crippen LogP contribution in [-0.4, -0.2) is 23.0 Å². The Bertz CT molecular complexity index is 718. The van der Waals surface area contributed by atoms with Crippen LogP contribution in [0.2, 0.25) is 0 Å². The Morgan fingerprint density at radius 1 is 0.283 bits per heavy atom. The number of hydrogen-bond acceptors (Lipinski definition) is 8. The zero-order chi connectivity index (χ0) is 32.9. The molecule has 0 saturated carbocycles. The minimum Gasteiger partial charge on any atom is -0.117 e. The molecule has 0 nitrogen and oxygen atoms in total. The van der Waals surface area contributed by atoms with Crippen molar-refractivity contribution in [3.63, 3.8) is 0 Å². The van der Waals surface area contributed by atoms with Gasteiger partial charge in [-0.05, 0) is 48.7 Å². The van der Waals surface area contributed by atoms with Crippen molar-refractivity contribution in [3.8, 4) is 0 Å². The first-order valence-electron chi connectivity index (χ1n) is 19.2. The Labute approximate surface area is 321 Å². The molecule has 0 aromatic heterocycles. The van der Waals surface area contributed by atoms with Crippen molar-refractivity contribution in [3.05, 3.63) is 25.4 Å². The Balaban J connectivity index is 1.96. The van der Waals surface area contributed by atoms with Gasteiger partial charge in [-0.3, -0.25) is 0 Å². The molecule has 46 heavy (non-hydrogen) atoms. The van der Waals surface area contributed by atoms with Crippen LogP contribution >= 0.6 is 94.1 Å². The summed E-state index contributed by atoms with van der Waals surface area (Å²) in [7, 11) is 0. The Hall–Kier alpha value is 2.02. The number of hydrogen-bond donors (Lipinski definition) is 0. The van der Waals surface area contributed by atoms with E-state index in [4.69, 9.17) is 0 Å². The molecular weight excluding hydrogens is 713 g/mol. The summed E-state index contributed by atoms with van der Waals surface area (Å²) in [4.78, 5) is 0. The average molecular weight is 781 g/mol. The van der Waals surface area contributed by atoms with Gasteiger partial charge in [0.15, 0.2) is 0 Å². The van der Waals surface area contributed by atoms with Gasteiger partial charge < -0.3 is 0 Å². The highest BCUT2D eigenvalue weighted by Gasteiger charge is 2.30. The first-order valence-corrected chi connectivity index (χ1v) is 26.4. The van der Waals surface area contributed by atoms with Crippen LogP contribution in [0.1, 0.15) is 182 Å². The molecule has 2 aliphatic heterocycles. The van der Waals surface area contributed by atoms with E-state index in [0.717, 1.165) is 0 Å². The normalized spacial score (nSPS) is 15.4. The van der Waals surface area contributed by atoms with E-state index in [-0.39, 0.29) is 0 Å². The molecular formula is C38H68S8. The predicted octanol–water partition coefficient (Wildman–Crippen LogP) is 17.7. The van der Waals surface area contributed by atoms with Gasteiger partial charge in [0.2, 0.25) is 0 Å². The van der Waals surface area contributed by atoms with Crippen molar-refractivity contribution in [2.45, 2.75) is 182 Å². The van der Waals surface area contributed by atoms with Crippen molar-refractivity contribution < 1.29 is 0 Å². The van der Waals surface area contributed by atoms with Crippen LogP contribution in [0, 0.1) is 0 Å². The summed E-state index contributed by atoms with van der Waals surface area (Å²) in [6.45, 7) is 9.27. The van der Waals surface area contributed by atoms with Gasteiger partial charge in [-0.1, -0.05) is 203 Å². The molecule has 2 rings (SSSR count). The molecule has 0 radical (unpaired) electrons. The van der Waals surface area contributed by atoms with Crippen LogP contribution in [0.5, 0.6) is 0 Å². The summed E-state index contributed by atoms with van der Waals surface area (Å²) in [5, 5.41) is 0. The Morgan fingerprint density at radius 3 is 0.696 bits per heavy atom. The van der Waals surface area contributed by atoms with Gasteiger partial charge in [-0.2, -0.15) is 0 Å². The van der Waals surface area contributed by atoms with Crippen LogP contribution in [-0.2, 0) is 0 Å². The van der Waals surface area contributed by atoms with E-state index in [1.54, 1.807) is 25.4 Å². The lowest BCUT2D eigenvalue weighted by molar-refractivity contribution is 0.627. The molecule has 0 saturated heterocycles. The van der Waals surface area contributed by atoms with Gasteiger partial charge in [-0.15, -0.1) is 47.0 Å². The molecule has 0 fully saturated rings. The van der Waals surface area contributed by atoms with E-state index in [1.165, 1.54) is 177 Å². The van der Waals surface area contributed by atoms with E-state index in [2.05, 4.69) is 122 Å². The molecule has 2 heterocycles. The molecule has 268 valence electrons. The number of unbranched alkanes of at least 4 members (excludes halogenated alkanes) is 20. The lowest BCUT2D eigenvalue weighted by Crippen LogP contribution is -1.84. The molecule has 0 bridgehead atoms. The molecule has 0 aromatic carbocycles. The number of thioether (sulfide) groups is 8. The largest absolute Gasteiger partial charge is 0.117 e. The van der Waals surface area contributed by atoms with Gasteiger partial charge in [0, 0.05) is 0 Å². The first-order chi connectivity index (χ1) is 22.7.